The number of benzene rings is 1. The zero-order chi connectivity index (χ0) is 12.7. The van der Waals surface area contributed by atoms with Gasteiger partial charge in [-0.3, -0.25) is 9.78 Å². The van der Waals surface area contributed by atoms with Gasteiger partial charge < -0.3 is 0 Å². The minimum Gasteiger partial charge on any atom is -0.273 e. The van der Waals surface area contributed by atoms with E-state index in [4.69, 9.17) is 0 Å². The molecule has 0 fully saturated rings. The molecule has 2 rings (SSSR count). The fourth-order valence-electron chi connectivity index (χ4n) is 1.74. The van der Waals surface area contributed by atoms with Crippen molar-refractivity contribution in [3.05, 3.63) is 44.4 Å². The number of H-pyrrole nitrogens is 1. The number of nitrogens with zero attached hydrogens (tertiary/aromatic N) is 1. The minimum absolute atomic E-state index is 0.100. The first-order chi connectivity index (χ1) is 7.91. The molecule has 1 aromatic heterocycles. The number of aryl methyl sites for hydroxylation is 1. The first kappa shape index (κ1) is 11.4. The van der Waals surface area contributed by atoms with E-state index in [0.717, 1.165) is 12.1 Å². The molecular formula is C10H7F3N2O2. The molecule has 1 aromatic carbocycles. The van der Waals surface area contributed by atoms with Crippen molar-refractivity contribution in [2.24, 2.45) is 0 Å². The van der Waals surface area contributed by atoms with Crippen LogP contribution in [0.3, 0.4) is 0 Å². The van der Waals surface area contributed by atoms with Gasteiger partial charge in [0.15, 0.2) is 0 Å². The molecule has 0 amide bonds. The van der Waals surface area contributed by atoms with Crippen molar-refractivity contribution >= 4 is 10.9 Å². The topological polar surface area (TPSA) is 54.9 Å². The molecule has 0 unspecified atom stereocenters. The second kappa shape index (κ2) is 3.76. The maximum Gasteiger partial charge on any atom is 0.333 e. The zero-order valence-corrected chi connectivity index (χ0v) is 8.63. The van der Waals surface area contributed by atoms with Gasteiger partial charge in [0.25, 0.3) is 5.56 Å². The van der Waals surface area contributed by atoms with Crippen molar-refractivity contribution < 1.29 is 13.2 Å². The van der Waals surface area contributed by atoms with Crippen molar-refractivity contribution in [3.8, 4) is 0 Å². The van der Waals surface area contributed by atoms with Crippen LogP contribution in [-0.2, 0) is 0 Å². The van der Waals surface area contributed by atoms with E-state index in [0.29, 0.717) is 0 Å². The van der Waals surface area contributed by atoms with Gasteiger partial charge in [0, 0.05) is 0 Å². The van der Waals surface area contributed by atoms with Crippen molar-refractivity contribution in [1.82, 2.24) is 9.55 Å². The summed E-state index contributed by atoms with van der Waals surface area (Å²) in [6, 6.07) is 1.81. The highest BCUT2D eigenvalue weighted by atomic mass is 19.3. The van der Waals surface area contributed by atoms with E-state index in [9.17, 15) is 22.8 Å². The third-order valence-corrected chi connectivity index (χ3v) is 2.39. The van der Waals surface area contributed by atoms with E-state index in [1.54, 1.807) is 4.98 Å². The number of hydrogen-bond donors (Lipinski definition) is 1. The van der Waals surface area contributed by atoms with Gasteiger partial charge in [-0.1, -0.05) is 0 Å². The number of rotatable bonds is 1. The Hall–Kier alpha value is -2.05. The van der Waals surface area contributed by atoms with Crippen molar-refractivity contribution in [2.45, 2.75) is 13.5 Å². The van der Waals surface area contributed by atoms with E-state index in [2.05, 4.69) is 0 Å². The Balaban J connectivity index is 3.11. The Labute approximate surface area is 92.3 Å². The quantitative estimate of drug-likeness (QED) is 0.827. The largest absolute Gasteiger partial charge is 0.333 e. The number of hydrogen-bond acceptors (Lipinski definition) is 2. The molecule has 7 heteroatoms. The normalized spacial score (nSPS) is 11.4. The highest BCUT2D eigenvalue weighted by Gasteiger charge is 2.17. The smallest absolute Gasteiger partial charge is 0.273 e. The van der Waals surface area contributed by atoms with Gasteiger partial charge in [-0.2, -0.15) is 8.78 Å². The number of nitrogens with one attached hydrogen (secondary N) is 1. The van der Waals surface area contributed by atoms with Crippen LogP contribution >= 0.6 is 0 Å². The van der Waals surface area contributed by atoms with Gasteiger partial charge in [-0.15, -0.1) is 0 Å². The summed E-state index contributed by atoms with van der Waals surface area (Å²) in [6.07, 6.45) is 0. The number of alkyl halides is 2. The van der Waals surface area contributed by atoms with Gasteiger partial charge in [0.1, 0.15) is 5.82 Å². The van der Waals surface area contributed by atoms with E-state index >= 15 is 0 Å². The average Bonchev–Trinajstić information content (AvgIpc) is 2.19. The lowest BCUT2D eigenvalue weighted by Gasteiger charge is -2.10. The lowest BCUT2D eigenvalue weighted by Crippen LogP contribution is -2.31. The Morgan fingerprint density at radius 3 is 2.53 bits per heavy atom. The summed E-state index contributed by atoms with van der Waals surface area (Å²) in [7, 11) is 0. The number of aromatic amines is 1. The summed E-state index contributed by atoms with van der Waals surface area (Å²) in [5, 5.41) is -0.276. The molecule has 0 aliphatic rings. The summed E-state index contributed by atoms with van der Waals surface area (Å²) in [5.41, 5.74) is -2.25. The lowest BCUT2D eigenvalue weighted by molar-refractivity contribution is 0.0697. The summed E-state index contributed by atoms with van der Waals surface area (Å²) < 4.78 is 38.6. The maximum absolute atomic E-state index is 13.1. The molecule has 0 radical (unpaired) electrons. The average molecular weight is 244 g/mol. The molecule has 4 nitrogen and oxygen atoms in total. The molecular weight excluding hydrogens is 237 g/mol. The number of halogens is 3. The number of aromatic nitrogens is 2. The highest BCUT2D eigenvalue weighted by molar-refractivity contribution is 5.81. The molecule has 0 saturated carbocycles. The Bertz CT molecular complexity index is 703. The predicted molar refractivity (Wildman–Crippen MR) is 54.8 cm³/mol. The fourth-order valence-corrected chi connectivity index (χ4v) is 1.74. The second-order valence-corrected chi connectivity index (χ2v) is 3.53. The van der Waals surface area contributed by atoms with E-state index in [1.807, 2.05) is 0 Å². The Morgan fingerprint density at radius 2 is 1.94 bits per heavy atom. The van der Waals surface area contributed by atoms with Crippen LogP contribution in [0.15, 0.2) is 21.7 Å². The van der Waals surface area contributed by atoms with E-state index in [-0.39, 0.29) is 21.0 Å². The second-order valence-electron chi connectivity index (χ2n) is 3.53. The van der Waals surface area contributed by atoms with Crippen molar-refractivity contribution in [1.29, 1.82) is 0 Å². The molecule has 90 valence electrons. The Morgan fingerprint density at radius 1 is 1.29 bits per heavy atom. The molecule has 1 N–H and O–H groups in total. The third-order valence-electron chi connectivity index (χ3n) is 2.39. The SMILES string of the molecule is Cc1cc(F)cc2c(=O)[nH]c(=O)n(C(F)F)c12. The van der Waals surface area contributed by atoms with Crippen LogP contribution in [0.25, 0.3) is 10.9 Å². The van der Waals surface area contributed by atoms with Gasteiger partial charge in [-0.05, 0) is 24.6 Å². The highest BCUT2D eigenvalue weighted by Crippen LogP contribution is 2.19. The van der Waals surface area contributed by atoms with Gasteiger partial charge in [0.2, 0.25) is 0 Å². The van der Waals surface area contributed by atoms with Crippen LogP contribution < -0.4 is 11.2 Å². The Kier molecular flexibility index (Phi) is 2.53. The predicted octanol–water partition coefficient (Wildman–Crippen LogP) is 1.53. The molecule has 0 aliphatic heterocycles. The van der Waals surface area contributed by atoms with E-state index < -0.39 is 23.6 Å². The van der Waals surface area contributed by atoms with Gasteiger partial charge in [0.05, 0.1) is 10.9 Å². The minimum atomic E-state index is -3.11. The number of fused-ring (bicyclic) bond motifs is 1. The zero-order valence-electron chi connectivity index (χ0n) is 8.63. The monoisotopic (exact) mass is 244 g/mol. The molecule has 17 heavy (non-hydrogen) atoms. The summed E-state index contributed by atoms with van der Waals surface area (Å²) >= 11 is 0. The van der Waals surface area contributed by atoms with Crippen LogP contribution in [0.5, 0.6) is 0 Å². The fraction of sp³-hybridized carbons (Fsp3) is 0.200. The van der Waals surface area contributed by atoms with Crippen LogP contribution in [0.1, 0.15) is 12.1 Å². The summed E-state index contributed by atoms with van der Waals surface area (Å²) in [6.45, 7) is -1.76. The maximum atomic E-state index is 13.1. The molecule has 1 heterocycles. The lowest BCUT2D eigenvalue weighted by atomic mass is 10.1. The van der Waals surface area contributed by atoms with Crippen LogP contribution in [-0.4, -0.2) is 9.55 Å². The molecule has 0 spiro atoms. The third kappa shape index (κ3) is 1.73. The first-order valence-corrected chi connectivity index (χ1v) is 4.64. The van der Waals surface area contributed by atoms with Gasteiger partial charge >= 0.3 is 12.2 Å². The van der Waals surface area contributed by atoms with Crippen LogP contribution in [0.2, 0.25) is 0 Å². The standard InChI is InChI=1S/C10H7F3N2O2/c1-4-2-5(11)3-6-7(4)15(9(12)13)10(17)14-8(6)16/h2-3,9H,1H3,(H,14,16,17). The van der Waals surface area contributed by atoms with Crippen molar-refractivity contribution in [3.63, 3.8) is 0 Å². The molecule has 0 atom stereocenters. The molecule has 2 aromatic rings. The van der Waals surface area contributed by atoms with Crippen molar-refractivity contribution in [2.75, 3.05) is 0 Å². The van der Waals surface area contributed by atoms with Gasteiger partial charge in [-0.25, -0.2) is 13.8 Å². The molecule has 0 bridgehead atoms. The van der Waals surface area contributed by atoms with E-state index in [1.165, 1.54) is 6.92 Å². The van der Waals surface area contributed by atoms with Crippen LogP contribution in [0.4, 0.5) is 13.2 Å². The van der Waals surface area contributed by atoms with Crippen LogP contribution in [0, 0.1) is 12.7 Å². The summed E-state index contributed by atoms with van der Waals surface area (Å²) in [5.74, 6) is -0.722. The molecule has 0 aliphatic carbocycles. The molecule has 0 saturated heterocycles. The summed E-state index contributed by atoms with van der Waals surface area (Å²) in [4.78, 5) is 24.4. The first-order valence-electron chi connectivity index (χ1n) is 4.64.